The van der Waals surface area contributed by atoms with Crippen LogP contribution in [-0.2, 0) is 6.54 Å². The lowest BCUT2D eigenvalue weighted by Crippen LogP contribution is -2.40. The summed E-state index contributed by atoms with van der Waals surface area (Å²) in [4.78, 5) is 7.14. The summed E-state index contributed by atoms with van der Waals surface area (Å²) in [5.74, 6) is 0. The molecule has 1 aliphatic rings. The average Bonchev–Trinajstić information content (AvgIpc) is 2.32. The van der Waals surface area contributed by atoms with Gasteiger partial charge in [0.25, 0.3) is 0 Å². The van der Waals surface area contributed by atoms with Crippen molar-refractivity contribution in [1.82, 2.24) is 9.88 Å². The molecular formula is C14H23N3. The molecule has 1 aromatic rings. The smallest absolute Gasteiger partial charge is 0.0547 e. The van der Waals surface area contributed by atoms with E-state index in [0.29, 0.717) is 6.04 Å². The van der Waals surface area contributed by atoms with Crippen LogP contribution in [0.3, 0.4) is 0 Å². The van der Waals surface area contributed by atoms with Crippen molar-refractivity contribution >= 4 is 0 Å². The molecule has 3 nitrogen and oxygen atoms in total. The first-order valence-electron chi connectivity index (χ1n) is 6.66. The van der Waals surface area contributed by atoms with E-state index in [1.807, 2.05) is 0 Å². The molecular weight excluding hydrogens is 210 g/mol. The Morgan fingerprint density at radius 3 is 3.06 bits per heavy atom. The summed E-state index contributed by atoms with van der Waals surface area (Å²) in [5.41, 5.74) is 7.99. The van der Waals surface area contributed by atoms with E-state index in [9.17, 15) is 0 Å². The van der Waals surface area contributed by atoms with E-state index in [0.717, 1.165) is 25.2 Å². The van der Waals surface area contributed by atoms with Crippen molar-refractivity contribution in [2.75, 3.05) is 13.1 Å². The fourth-order valence-corrected chi connectivity index (χ4v) is 2.68. The normalized spacial score (nSPS) is 21.6. The van der Waals surface area contributed by atoms with Gasteiger partial charge in [-0.3, -0.25) is 9.88 Å². The van der Waals surface area contributed by atoms with E-state index in [-0.39, 0.29) is 0 Å². The highest BCUT2D eigenvalue weighted by Gasteiger charge is 2.21. The second-order valence-electron chi connectivity index (χ2n) is 4.97. The molecule has 1 aromatic heterocycles. The van der Waals surface area contributed by atoms with Gasteiger partial charge in [0, 0.05) is 18.3 Å². The van der Waals surface area contributed by atoms with Gasteiger partial charge >= 0.3 is 0 Å². The van der Waals surface area contributed by atoms with Crippen LogP contribution >= 0.6 is 0 Å². The monoisotopic (exact) mass is 233 g/mol. The van der Waals surface area contributed by atoms with Gasteiger partial charge in [-0.05, 0) is 51.4 Å². The topological polar surface area (TPSA) is 42.1 Å². The van der Waals surface area contributed by atoms with Crippen LogP contribution in [0.2, 0.25) is 0 Å². The van der Waals surface area contributed by atoms with Gasteiger partial charge < -0.3 is 5.73 Å². The van der Waals surface area contributed by atoms with Crippen LogP contribution in [0.25, 0.3) is 0 Å². The zero-order chi connectivity index (χ0) is 12.1. The third-order valence-electron chi connectivity index (χ3n) is 3.56. The maximum Gasteiger partial charge on any atom is 0.0547 e. The first kappa shape index (κ1) is 12.5. The van der Waals surface area contributed by atoms with Crippen molar-refractivity contribution in [2.24, 2.45) is 5.73 Å². The molecule has 0 aliphatic carbocycles. The van der Waals surface area contributed by atoms with Crippen LogP contribution in [0.15, 0.2) is 18.2 Å². The molecule has 0 radical (unpaired) electrons. The molecule has 0 aromatic carbocycles. The summed E-state index contributed by atoms with van der Waals surface area (Å²) in [6.07, 6.45) is 5.07. The largest absolute Gasteiger partial charge is 0.330 e. The van der Waals surface area contributed by atoms with Crippen molar-refractivity contribution in [2.45, 2.75) is 45.2 Å². The molecule has 1 aliphatic heterocycles. The molecule has 0 amide bonds. The minimum Gasteiger partial charge on any atom is -0.330 e. The van der Waals surface area contributed by atoms with Crippen molar-refractivity contribution in [3.05, 3.63) is 29.6 Å². The van der Waals surface area contributed by atoms with Crippen LogP contribution in [0, 0.1) is 6.92 Å². The number of hydrogen-bond donors (Lipinski definition) is 1. The average molecular weight is 233 g/mol. The first-order valence-corrected chi connectivity index (χ1v) is 6.66. The highest BCUT2D eigenvalue weighted by atomic mass is 15.2. The van der Waals surface area contributed by atoms with Gasteiger partial charge in [-0.15, -0.1) is 0 Å². The number of hydrogen-bond acceptors (Lipinski definition) is 3. The minimum absolute atomic E-state index is 0.663. The third-order valence-corrected chi connectivity index (χ3v) is 3.56. The molecule has 2 heterocycles. The molecule has 0 spiro atoms. The number of rotatable bonds is 4. The molecule has 94 valence electrons. The molecule has 2 rings (SSSR count). The quantitative estimate of drug-likeness (QED) is 0.866. The van der Waals surface area contributed by atoms with Crippen LogP contribution in [-0.4, -0.2) is 29.0 Å². The van der Waals surface area contributed by atoms with Gasteiger partial charge in [0.05, 0.1) is 5.69 Å². The molecule has 1 saturated heterocycles. The number of aryl methyl sites for hydroxylation is 1. The Morgan fingerprint density at radius 2 is 2.29 bits per heavy atom. The predicted molar refractivity (Wildman–Crippen MR) is 70.7 cm³/mol. The Balaban J connectivity index is 2.00. The zero-order valence-electron chi connectivity index (χ0n) is 10.7. The maximum absolute atomic E-state index is 5.70. The molecule has 3 heteroatoms. The summed E-state index contributed by atoms with van der Waals surface area (Å²) in [7, 11) is 0. The third kappa shape index (κ3) is 3.51. The Hall–Kier alpha value is -0.930. The molecule has 2 N–H and O–H groups in total. The first-order chi connectivity index (χ1) is 8.29. The van der Waals surface area contributed by atoms with Gasteiger partial charge in [0.2, 0.25) is 0 Å². The number of piperidine rings is 1. The van der Waals surface area contributed by atoms with Crippen molar-refractivity contribution in [3.63, 3.8) is 0 Å². The molecule has 0 saturated carbocycles. The van der Waals surface area contributed by atoms with E-state index in [4.69, 9.17) is 5.73 Å². The van der Waals surface area contributed by atoms with E-state index < -0.39 is 0 Å². The molecule has 1 fully saturated rings. The summed E-state index contributed by atoms with van der Waals surface area (Å²) in [6.45, 7) is 5.02. The molecule has 1 atom stereocenters. The number of likely N-dealkylation sites (tertiary alicyclic amines) is 1. The lowest BCUT2D eigenvalue weighted by Gasteiger charge is -2.35. The number of pyridine rings is 1. The zero-order valence-corrected chi connectivity index (χ0v) is 10.7. The Morgan fingerprint density at radius 1 is 1.41 bits per heavy atom. The van der Waals surface area contributed by atoms with Crippen molar-refractivity contribution in [1.29, 1.82) is 0 Å². The standard InChI is InChI=1S/C14H23N3/c1-12-5-4-6-13(16-12)11-17-10-3-2-7-14(17)8-9-15/h4-6,14H,2-3,7-11,15H2,1H3. The van der Waals surface area contributed by atoms with Gasteiger partial charge in [0.15, 0.2) is 0 Å². The highest BCUT2D eigenvalue weighted by molar-refractivity contribution is 5.10. The summed E-state index contributed by atoms with van der Waals surface area (Å²) < 4.78 is 0. The highest BCUT2D eigenvalue weighted by Crippen LogP contribution is 2.21. The van der Waals surface area contributed by atoms with Crippen LogP contribution in [0.1, 0.15) is 37.1 Å². The molecule has 1 unspecified atom stereocenters. The van der Waals surface area contributed by atoms with Gasteiger partial charge in [0.1, 0.15) is 0 Å². The lowest BCUT2D eigenvalue weighted by atomic mass is 9.99. The van der Waals surface area contributed by atoms with Crippen LogP contribution < -0.4 is 5.73 Å². The fourth-order valence-electron chi connectivity index (χ4n) is 2.68. The van der Waals surface area contributed by atoms with E-state index in [1.165, 1.54) is 31.5 Å². The van der Waals surface area contributed by atoms with Crippen molar-refractivity contribution < 1.29 is 0 Å². The Labute approximate surface area is 104 Å². The lowest BCUT2D eigenvalue weighted by molar-refractivity contribution is 0.132. The van der Waals surface area contributed by atoms with E-state index in [2.05, 4.69) is 35.0 Å². The molecule has 17 heavy (non-hydrogen) atoms. The summed E-state index contributed by atoms with van der Waals surface area (Å²) in [5, 5.41) is 0. The van der Waals surface area contributed by atoms with Gasteiger partial charge in [-0.2, -0.15) is 0 Å². The second kappa shape index (κ2) is 6.12. The second-order valence-corrected chi connectivity index (χ2v) is 4.97. The van der Waals surface area contributed by atoms with E-state index >= 15 is 0 Å². The minimum atomic E-state index is 0.663. The number of nitrogens with two attached hydrogens (primary N) is 1. The molecule has 0 bridgehead atoms. The SMILES string of the molecule is Cc1cccc(CN2CCCCC2CCN)n1. The predicted octanol–water partition coefficient (Wildman–Crippen LogP) is 2.09. The van der Waals surface area contributed by atoms with Gasteiger partial charge in [-0.25, -0.2) is 0 Å². The van der Waals surface area contributed by atoms with E-state index in [1.54, 1.807) is 0 Å². The summed E-state index contributed by atoms with van der Waals surface area (Å²) in [6, 6.07) is 6.94. The van der Waals surface area contributed by atoms with Crippen molar-refractivity contribution in [3.8, 4) is 0 Å². The number of aromatic nitrogens is 1. The Bertz CT molecular complexity index is 349. The fraction of sp³-hybridized carbons (Fsp3) is 0.643. The maximum atomic E-state index is 5.70. The summed E-state index contributed by atoms with van der Waals surface area (Å²) >= 11 is 0. The Kier molecular flexibility index (Phi) is 4.51. The van der Waals surface area contributed by atoms with Crippen LogP contribution in [0.4, 0.5) is 0 Å². The van der Waals surface area contributed by atoms with Crippen LogP contribution in [0.5, 0.6) is 0 Å². The number of nitrogens with zero attached hydrogens (tertiary/aromatic N) is 2. The van der Waals surface area contributed by atoms with Gasteiger partial charge in [-0.1, -0.05) is 12.5 Å².